The third kappa shape index (κ3) is 7.24. The van der Waals surface area contributed by atoms with Gasteiger partial charge in [0.15, 0.2) is 16.1 Å². The number of carbonyl (C=O) groups excluding carboxylic acids is 3. The predicted octanol–water partition coefficient (Wildman–Crippen LogP) is 3.64. The van der Waals surface area contributed by atoms with E-state index < -0.39 is 26.8 Å². The maximum Gasteiger partial charge on any atom is 0.245 e. The molecule has 10 nitrogen and oxygen atoms in total. The van der Waals surface area contributed by atoms with Crippen molar-refractivity contribution in [3.63, 3.8) is 0 Å². The van der Waals surface area contributed by atoms with Gasteiger partial charge in [0.1, 0.15) is 4.75 Å². The van der Waals surface area contributed by atoms with Crippen LogP contribution in [0, 0.1) is 0 Å². The molecule has 2 fully saturated rings. The van der Waals surface area contributed by atoms with Crippen LogP contribution in [-0.4, -0.2) is 51.8 Å². The van der Waals surface area contributed by atoms with Gasteiger partial charge < -0.3 is 15.4 Å². The van der Waals surface area contributed by atoms with Crippen molar-refractivity contribution >= 4 is 44.6 Å². The second-order valence-corrected chi connectivity index (χ2v) is 13.4. The fraction of sp³-hybridized carbons (Fsp3) is 0.519. The zero-order valence-corrected chi connectivity index (χ0v) is 23.6. The first-order chi connectivity index (χ1) is 18.7. The summed E-state index contributed by atoms with van der Waals surface area (Å²) in [5.74, 6) is -0.954. The van der Waals surface area contributed by atoms with Gasteiger partial charge in [-0.3, -0.25) is 14.4 Å². The Bertz CT molecular complexity index is 1290. The zero-order valence-electron chi connectivity index (χ0n) is 22.0. The lowest BCUT2D eigenvalue weighted by Gasteiger charge is -2.35. The molecule has 1 unspecified atom stereocenters. The van der Waals surface area contributed by atoms with E-state index in [1.807, 2.05) is 12.1 Å². The fourth-order valence-corrected chi connectivity index (χ4v) is 8.69. The first-order valence-electron chi connectivity index (χ1n) is 13.2. The summed E-state index contributed by atoms with van der Waals surface area (Å²) in [4.78, 5) is 43.5. The summed E-state index contributed by atoms with van der Waals surface area (Å²) in [6.07, 6.45) is 3.58. The van der Waals surface area contributed by atoms with Crippen molar-refractivity contribution in [2.24, 2.45) is 0 Å². The van der Waals surface area contributed by atoms with E-state index in [-0.39, 0.29) is 36.8 Å². The topological polar surface area (TPSA) is 140 Å². The van der Waals surface area contributed by atoms with Crippen LogP contribution in [0.1, 0.15) is 62.7 Å². The molecule has 1 aromatic carbocycles. The number of hydroxylamine groups is 1. The van der Waals surface area contributed by atoms with Crippen LogP contribution in [0.3, 0.4) is 0 Å². The second-order valence-electron chi connectivity index (χ2n) is 9.85. The van der Waals surface area contributed by atoms with Gasteiger partial charge in [0.05, 0.1) is 12.2 Å². The number of benzene rings is 1. The van der Waals surface area contributed by atoms with Crippen LogP contribution in [0.5, 0.6) is 0 Å². The van der Waals surface area contributed by atoms with E-state index in [2.05, 4.69) is 16.1 Å². The molecule has 0 radical (unpaired) electrons. The minimum atomic E-state index is -3.61. The van der Waals surface area contributed by atoms with Crippen molar-refractivity contribution in [3.8, 4) is 10.4 Å². The minimum Gasteiger partial charge on any atom is -0.359 e. The fourth-order valence-electron chi connectivity index (χ4n) is 4.91. The Morgan fingerprint density at radius 1 is 1.05 bits per heavy atom. The Kier molecular flexibility index (Phi) is 9.76. The largest absolute Gasteiger partial charge is 0.359 e. The highest BCUT2D eigenvalue weighted by atomic mass is 32.2. The lowest BCUT2D eigenvalue weighted by molar-refractivity contribution is -0.200. The number of ether oxygens (including phenoxy) is 1. The molecule has 3 heterocycles. The Morgan fingerprint density at radius 3 is 2.62 bits per heavy atom. The van der Waals surface area contributed by atoms with Gasteiger partial charge >= 0.3 is 0 Å². The molecule has 39 heavy (non-hydrogen) atoms. The highest BCUT2D eigenvalue weighted by molar-refractivity contribution is 7.92. The molecule has 2 atom stereocenters. The van der Waals surface area contributed by atoms with Crippen LogP contribution >= 0.6 is 11.3 Å². The van der Waals surface area contributed by atoms with Gasteiger partial charge in [0, 0.05) is 48.4 Å². The Balaban J connectivity index is 1.51. The predicted molar refractivity (Wildman–Crippen MR) is 148 cm³/mol. The molecule has 0 aliphatic carbocycles. The van der Waals surface area contributed by atoms with Gasteiger partial charge in [-0.15, -0.1) is 11.3 Å². The Morgan fingerprint density at radius 2 is 1.87 bits per heavy atom. The van der Waals surface area contributed by atoms with Crippen molar-refractivity contribution in [2.45, 2.75) is 68.8 Å². The van der Waals surface area contributed by atoms with E-state index in [0.29, 0.717) is 42.9 Å². The molecule has 0 saturated carbocycles. The third-order valence-electron chi connectivity index (χ3n) is 7.07. The molecule has 2 aliphatic rings. The number of amides is 3. The smallest absolute Gasteiger partial charge is 0.245 e. The van der Waals surface area contributed by atoms with Crippen molar-refractivity contribution in [1.82, 2.24) is 10.8 Å². The average molecular weight is 578 g/mol. The average Bonchev–Trinajstić information content (AvgIpc) is 3.43. The minimum absolute atomic E-state index is 0.0255. The van der Waals surface area contributed by atoms with Crippen LogP contribution in [0.25, 0.3) is 10.4 Å². The molecule has 0 bridgehead atoms. The van der Waals surface area contributed by atoms with E-state index >= 15 is 0 Å². The number of carbonyl (C=O) groups is 3. The number of hydrogen-bond donors (Lipinski definition) is 3. The van der Waals surface area contributed by atoms with Gasteiger partial charge in [-0.05, 0) is 55.5 Å². The van der Waals surface area contributed by atoms with Gasteiger partial charge in [-0.2, -0.15) is 0 Å². The summed E-state index contributed by atoms with van der Waals surface area (Å²) in [5.41, 5.74) is 3.81. The first kappa shape index (κ1) is 29.2. The quantitative estimate of drug-likeness (QED) is 0.366. The molecule has 2 saturated heterocycles. The van der Waals surface area contributed by atoms with Gasteiger partial charge in [0.25, 0.3) is 0 Å². The molecule has 2 aromatic rings. The number of nitrogens with one attached hydrogen (secondary N) is 3. The van der Waals surface area contributed by atoms with Crippen LogP contribution < -0.4 is 16.1 Å². The molecule has 4 rings (SSSR count). The zero-order chi connectivity index (χ0) is 27.9. The molecular weight excluding hydrogens is 542 g/mol. The Labute approximate surface area is 232 Å². The summed E-state index contributed by atoms with van der Waals surface area (Å²) < 4.78 is 31.1. The van der Waals surface area contributed by atoms with Crippen LogP contribution in [-0.2, 0) is 38.5 Å². The van der Waals surface area contributed by atoms with Crippen molar-refractivity contribution < 1.29 is 32.4 Å². The second kappa shape index (κ2) is 13.0. The highest BCUT2D eigenvalue weighted by Gasteiger charge is 2.49. The van der Waals surface area contributed by atoms with E-state index in [4.69, 9.17) is 9.57 Å². The highest BCUT2D eigenvalue weighted by Crippen LogP contribution is 2.47. The van der Waals surface area contributed by atoms with Gasteiger partial charge in [-0.25, -0.2) is 18.7 Å². The van der Waals surface area contributed by atoms with E-state index in [1.165, 1.54) is 18.4 Å². The van der Waals surface area contributed by atoms with Crippen LogP contribution in [0.15, 0.2) is 36.4 Å². The number of rotatable bonds is 10. The maximum absolute atomic E-state index is 13.5. The van der Waals surface area contributed by atoms with Crippen LogP contribution in [0.4, 0.5) is 5.69 Å². The lowest BCUT2D eigenvalue weighted by Crippen LogP contribution is -2.45. The molecule has 212 valence electrons. The van der Waals surface area contributed by atoms with Crippen LogP contribution in [0.2, 0.25) is 0 Å². The third-order valence-corrected chi connectivity index (χ3v) is 11.1. The molecule has 0 spiro atoms. The normalized spacial score (nSPS) is 22.5. The summed E-state index contributed by atoms with van der Waals surface area (Å²) in [6.45, 7) is 0.567. The number of sulfone groups is 1. The molecular formula is C27H35N3O7S2. The summed E-state index contributed by atoms with van der Waals surface area (Å²) in [6, 6.07) is 10.9. The molecule has 2 aliphatic heterocycles. The van der Waals surface area contributed by atoms with E-state index in [0.717, 1.165) is 23.3 Å². The summed E-state index contributed by atoms with van der Waals surface area (Å²) in [5, 5.41) is 5.29. The number of thiophene rings is 1. The molecule has 1 aromatic heterocycles. The van der Waals surface area contributed by atoms with Gasteiger partial charge in [0.2, 0.25) is 17.7 Å². The standard InChI is InChI=1S/C27H35N3O7S2/c1-28-23(31)12-13-24(32)29-20-8-6-7-19(17-20)21-10-11-22(38-21)27(14-3-5-16-39(27,34)35)18-25(33)30-37-26-9-2-4-15-36-26/h6-8,10-11,17,26H,2-5,9,12-16,18H2,1H3,(H,28,31)(H,29,32)(H,30,33)/t26?,27-/m0/s1. The summed E-state index contributed by atoms with van der Waals surface area (Å²) in [7, 11) is -2.09. The number of hydrogen-bond acceptors (Lipinski definition) is 8. The Hall–Kier alpha value is -2.80. The maximum atomic E-state index is 13.5. The summed E-state index contributed by atoms with van der Waals surface area (Å²) >= 11 is 1.34. The van der Waals surface area contributed by atoms with Crippen molar-refractivity contribution in [2.75, 3.05) is 24.7 Å². The van der Waals surface area contributed by atoms with E-state index in [1.54, 1.807) is 24.3 Å². The van der Waals surface area contributed by atoms with Gasteiger partial charge in [-0.1, -0.05) is 18.6 Å². The van der Waals surface area contributed by atoms with Crippen molar-refractivity contribution in [1.29, 1.82) is 0 Å². The molecule has 3 amide bonds. The first-order valence-corrected chi connectivity index (χ1v) is 15.7. The molecule has 3 N–H and O–H groups in total. The molecule has 12 heteroatoms. The SMILES string of the molecule is CNC(=O)CCC(=O)Nc1cccc(-c2ccc([C@@]3(CC(=O)NOC4CCCCO4)CCCCS3(=O)=O)s2)c1. The monoisotopic (exact) mass is 577 g/mol. The van der Waals surface area contributed by atoms with E-state index in [9.17, 15) is 22.8 Å². The lowest BCUT2D eigenvalue weighted by atomic mass is 9.94. The number of anilines is 1. The van der Waals surface area contributed by atoms with Crippen molar-refractivity contribution in [3.05, 3.63) is 41.3 Å².